The molecule has 0 spiro atoms. The van der Waals surface area contributed by atoms with Gasteiger partial charge in [-0.2, -0.15) is 0 Å². The molecule has 5 rings (SSSR count). The van der Waals surface area contributed by atoms with E-state index in [1.165, 1.54) is 38.5 Å². The van der Waals surface area contributed by atoms with Crippen molar-refractivity contribution in [2.75, 3.05) is 0 Å². The minimum Gasteiger partial charge on any atom is -0.203 e. The minimum atomic E-state index is -0.888. The van der Waals surface area contributed by atoms with Crippen LogP contribution in [0.15, 0.2) is 60.7 Å². The second-order valence-electron chi connectivity index (χ2n) is 12.2. The summed E-state index contributed by atoms with van der Waals surface area (Å²) in [6, 6.07) is 13.1. The van der Waals surface area contributed by atoms with Crippen molar-refractivity contribution in [3.8, 4) is 22.3 Å². The molecule has 2 aliphatic rings. The van der Waals surface area contributed by atoms with Crippen molar-refractivity contribution in [3.05, 3.63) is 95.1 Å². The smallest absolute Gasteiger partial charge is 0.166 e. The van der Waals surface area contributed by atoms with E-state index >= 15 is 8.78 Å². The summed E-state index contributed by atoms with van der Waals surface area (Å²) in [4.78, 5) is 0. The molecule has 0 radical (unpaired) electrons. The standard InChI is InChI=1S/C37H42F4/c1-3-5-6-7-24-8-10-26(11-9-24)27-12-14-28(15-13-27)32-22-23-33(37(41)36(32)40)30-18-16-29(17-19-30)31-21-20-25(4-2)34(38)35(31)39/h3,5,16-24,26-28H,4,6-15H2,1-2H3/b5-3+. The Labute approximate surface area is 242 Å². The summed E-state index contributed by atoms with van der Waals surface area (Å²) in [6.45, 7) is 3.86. The van der Waals surface area contributed by atoms with Crippen molar-refractivity contribution in [1.82, 2.24) is 0 Å². The first-order valence-electron chi connectivity index (χ1n) is 15.6. The van der Waals surface area contributed by atoms with Crippen molar-refractivity contribution in [3.63, 3.8) is 0 Å². The molecule has 0 unspecified atom stereocenters. The van der Waals surface area contributed by atoms with Gasteiger partial charge >= 0.3 is 0 Å². The molecule has 2 fully saturated rings. The van der Waals surface area contributed by atoms with Crippen LogP contribution in [0.1, 0.15) is 95.1 Å². The van der Waals surface area contributed by atoms with Crippen LogP contribution < -0.4 is 0 Å². The predicted octanol–water partition coefficient (Wildman–Crippen LogP) is 11.6. The van der Waals surface area contributed by atoms with Gasteiger partial charge < -0.3 is 0 Å². The number of hydrogen-bond acceptors (Lipinski definition) is 0. The number of aryl methyl sites for hydroxylation is 1. The zero-order valence-corrected chi connectivity index (χ0v) is 24.4. The molecule has 0 amide bonds. The molecular formula is C37H42F4. The average molecular weight is 563 g/mol. The number of benzene rings is 3. The SMILES string of the molecule is C/C=C/CCC1CCC(C2CCC(c3ccc(-c4ccc(-c5ccc(CC)c(F)c5F)cc4)c(F)c3F)CC2)CC1. The van der Waals surface area contributed by atoms with Crippen molar-refractivity contribution in [1.29, 1.82) is 0 Å². The van der Waals surface area contributed by atoms with Crippen LogP contribution in [0, 0.1) is 41.0 Å². The van der Waals surface area contributed by atoms with Gasteiger partial charge in [-0.1, -0.05) is 80.4 Å². The highest BCUT2D eigenvalue weighted by Crippen LogP contribution is 2.45. The van der Waals surface area contributed by atoms with Crippen LogP contribution >= 0.6 is 0 Å². The minimum absolute atomic E-state index is 0.0540. The third-order valence-electron chi connectivity index (χ3n) is 9.91. The van der Waals surface area contributed by atoms with Gasteiger partial charge in [0.1, 0.15) is 0 Å². The fourth-order valence-electron chi connectivity index (χ4n) is 7.37. The van der Waals surface area contributed by atoms with Crippen LogP contribution in [0.2, 0.25) is 0 Å². The molecule has 0 N–H and O–H groups in total. The molecular weight excluding hydrogens is 520 g/mol. The van der Waals surface area contributed by atoms with E-state index in [4.69, 9.17) is 0 Å². The van der Waals surface area contributed by atoms with Crippen molar-refractivity contribution in [2.24, 2.45) is 17.8 Å². The molecule has 3 aromatic carbocycles. The van der Waals surface area contributed by atoms with Crippen LogP contribution in [-0.2, 0) is 6.42 Å². The first-order valence-corrected chi connectivity index (χ1v) is 15.6. The van der Waals surface area contributed by atoms with E-state index in [0.717, 1.165) is 37.5 Å². The molecule has 0 aliphatic heterocycles. The molecule has 0 atom stereocenters. The van der Waals surface area contributed by atoms with Crippen molar-refractivity contribution < 1.29 is 17.6 Å². The maximum absolute atomic E-state index is 15.4. The second kappa shape index (κ2) is 13.4. The Hall–Kier alpha value is -2.88. The highest BCUT2D eigenvalue weighted by atomic mass is 19.2. The highest BCUT2D eigenvalue weighted by Gasteiger charge is 2.32. The molecule has 2 saturated carbocycles. The lowest BCUT2D eigenvalue weighted by atomic mass is 9.68. The maximum Gasteiger partial charge on any atom is 0.166 e. The molecule has 218 valence electrons. The fourth-order valence-corrected chi connectivity index (χ4v) is 7.37. The molecule has 3 aromatic rings. The number of rotatable bonds is 8. The molecule has 0 saturated heterocycles. The van der Waals surface area contributed by atoms with E-state index in [0.29, 0.717) is 34.6 Å². The Morgan fingerprint density at radius 2 is 1.17 bits per heavy atom. The zero-order valence-electron chi connectivity index (χ0n) is 24.4. The summed E-state index contributed by atoms with van der Waals surface area (Å²) in [5, 5.41) is 0. The third-order valence-corrected chi connectivity index (χ3v) is 9.91. The van der Waals surface area contributed by atoms with E-state index in [9.17, 15) is 8.78 Å². The largest absolute Gasteiger partial charge is 0.203 e. The van der Waals surface area contributed by atoms with Crippen LogP contribution in [0.4, 0.5) is 17.6 Å². The Balaban J connectivity index is 1.22. The Morgan fingerprint density at radius 3 is 1.73 bits per heavy atom. The summed E-state index contributed by atoms with van der Waals surface area (Å²) in [7, 11) is 0. The van der Waals surface area contributed by atoms with Gasteiger partial charge in [-0.3, -0.25) is 0 Å². The summed E-state index contributed by atoms with van der Waals surface area (Å²) in [5.41, 5.74) is 2.15. The van der Waals surface area contributed by atoms with Crippen molar-refractivity contribution in [2.45, 2.75) is 90.4 Å². The molecule has 0 heterocycles. The monoisotopic (exact) mass is 562 g/mol. The van der Waals surface area contributed by atoms with E-state index < -0.39 is 23.3 Å². The quantitative estimate of drug-likeness (QED) is 0.189. The van der Waals surface area contributed by atoms with Crippen LogP contribution in [0.5, 0.6) is 0 Å². The molecule has 0 bridgehead atoms. The first kappa shape index (κ1) is 29.6. The summed E-state index contributed by atoms with van der Waals surface area (Å²) >= 11 is 0. The lowest BCUT2D eigenvalue weighted by Crippen LogP contribution is -2.25. The topological polar surface area (TPSA) is 0 Å². The number of halogens is 4. The lowest BCUT2D eigenvalue weighted by Gasteiger charge is -2.38. The van der Waals surface area contributed by atoms with Gasteiger partial charge in [0, 0.05) is 11.1 Å². The van der Waals surface area contributed by atoms with Gasteiger partial charge in [0.25, 0.3) is 0 Å². The molecule has 0 nitrogen and oxygen atoms in total. The van der Waals surface area contributed by atoms with Gasteiger partial charge in [-0.15, -0.1) is 0 Å². The first-order chi connectivity index (χ1) is 19.9. The number of hydrogen-bond donors (Lipinski definition) is 0. The van der Waals surface area contributed by atoms with Crippen LogP contribution in [-0.4, -0.2) is 0 Å². The zero-order chi connectivity index (χ0) is 28.9. The fraction of sp³-hybridized carbons (Fsp3) is 0.459. The summed E-state index contributed by atoms with van der Waals surface area (Å²) < 4.78 is 59.6. The van der Waals surface area contributed by atoms with E-state index in [-0.39, 0.29) is 17.0 Å². The lowest BCUT2D eigenvalue weighted by molar-refractivity contribution is 0.156. The molecule has 41 heavy (non-hydrogen) atoms. The van der Waals surface area contributed by atoms with E-state index in [1.54, 1.807) is 55.5 Å². The van der Waals surface area contributed by atoms with Crippen LogP contribution in [0.3, 0.4) is 0 Å². The Bertz CT molecular complexity index is 1340. The average Bonchev–Trinajstić information content (AvgIpc) is 3.01. The maximum atomic E-state index is 15.4. The second-order valence-corrected chi connectivity index (χ2v) is 12.2. The molecule has 0 aromatic heterocycles. The van der Waals surface area contributed by atoms with Gasteiger partial charge in [-0.25, -0.2) is 17.6 Å². The van der Waals surface area contributed by atoms with Gasteiger partial charge in [0.2, 0.25) is 0 Å². The van der Waals surface area contributed by atoms with E-state index in [2.05, 4.69) is 19.1 Å². The van der Waals surface area contributed by atoms with E-state index in [1.807, 2.05) is 0 Å². The summed E-state index contributed by atoms with van der Waals surface area (Å²) in [5.74, 6) is -0.894. The Kier molecular flexibility index (Phi) is 9.68. The summed E-state index contributed by atoms with van der Waals surface area (Å²) in [6.07, 6.45) is 16.6. The van der Waals surface area contributed by atoms with Crippen LogP contribution in [0.25, 0.3) is 22.3 Å². The number of allylic oxidation sites excluding steroid dienone is 2. The van der Waals surface area contributed by atoms with Gasteiger partial charge in [0.05, 0.1) is 0 Å². The highest BCUT2D eigenvalue weighted by molar-refractivity contribution is 5.71. The molecule has 4 heteroatoms. The van der Waals surface area contributed by atoms with Crippen molar-refractivity contribution >= 4 is 0 Å². The van der Waals surface area contributed by atoms with Gasteiger partial charge in [0.15, 0.2) is 23.3 Å². The predicted molar refractivity (Wildman–Crippen MR) is 161 cm³/mol. The Morgan fingerprint density at radius 1 is 0.634 bits per heavy atom. The van der Waals surface area contributed by atoms with Gasteiger partial charge in [-0.05, 0) is 111 Å². The molecule has 2 aliphatic carbocycles. The third kappa shape index (κ3) is 6.47. The normalized spacial score (nSPS) is 23.3.